The molecule has 24 heavy (non-hydrogen) atoms. The summed E-state index contributed by atoms with van der Waals surface area (Å²) in [5.74, 6) is 0.0825. The number of rotatable bonds is 4. The van der Waals surface area contributed by atoms with E-state index in [9.17, 15) is 9.90 Å². The zero-order chi connectivity index (χ0) is 17.1. The Morgan fingerprint density at radius 3 is 2.46 bits per heavy atom. The van der Waals surface area contributed by atoms with E-state index in [0.29, 0.717) is 19.6 Å². The van der Waals surface area contributed by atoms with Crippen molar-refractivity contribution in [1.29, 1.82) is 0 Å². The summed E-state index contributed by atoms with van der Waals surface area (Å²) in [5.41, 5.74) is 2.75. The molecule has 3 rings (SSSR count). The summed E-state index contributed by atoms with van der Waals surface area (Å²) in [6.45, 7) is 7.49. The lowest BCUT2D eigenvalue weighted by Gasteiger charge is -2.35. The molecule has 2 aromatic rings. The average Bonchev–Trinajstić information content (AvgIpc) is 3.08. The average molecular weight is 327 g/mol. The predicted molar refractivity (Wildman–Crippen MR) is 94.5 cm³/mol. The molecule has 0 radical (unpaired) electrons. The quantitative estimate of drug-likeness (QED) is 0.933. The molecule has 0 saturated carbocycles. The van der Waals surface area contributed by atoms with Crippen LogP contribution in [0.5, 0.6) is 0 Å². The van der Waals surface area contributed by atoms with Crippen molar-refractivity contribution in [3.8, 4) is 5.69 Å². The Bertz CT molecular complexity index is 687. The van der Waals surface area contributed by atoms with Crippen molar-refractivity contribution in [3.63, 3.8) is 0 Å². The van der Waals surface area contributed by atoms with E-state index < -0.39 is 0 Å². The van der Waals surface area contributed by atoms with Crippen molar-refractivity contribution in [1.82, 2.24) is 14.4 Å². The van der Waals surface area contributed by atoms with Crippen LogP contribution in [0.3, 0.4) is 0 Å². The number of hydrogen-bond acceptors (Lipinski definition) is 3. The monoisotopic (exact) mass is 327 g/mol. The van der Waals surface area contributed by atoms with E-state index in [1.165, 1.54) is 0 Å². The fourth-order valence-electron chi connectivity index (χ4n) is 3.22. The van der Waals surface area contributed by atoms with Gasteiger partial charge in [-0.3, -0.25) is 9.69 Å². The fraction of sp³-hybridized carbons (Fsp3) is 0.421. The number of β-amino-alcohol motifs (C(OH)–C–C–N with tert-alkyl or cyclic N) is 1. The van der Waals surface area contributed by atoms with E-state index in [4.69, 9.17) is 0 Å². The number of aliphatic hydroxyl groups excluding tert-OH is 1. The van der Waals surface area contributed by atoms with Crippen LogP contribution in [0, 0.1) is 6.92 Å². The second-order valence-corrected chi connectivity index (χ2v) is 6.55. The third-order valence-electron chi connectivity index (χ3n) is 4.45. The van der Waals surface area contributed by atoms with Gasteiger partial charge in [0.1, 0.15) is 0 Å². The van der Waals surface area contributed by atoms with Crippen molar-refractivity contribution in [3.05, 3.63) is 53.9 Å². The number of nitrogens with zero attached hydrogens (tertiary/aromatic N) is 3. The number of piperazine rings is 1. The number of aliphatic hydroxyl groups is 1. The fourth-order valence-corrected chi connectivity index (χ4v) is 3.22. The van der Waals surface area contributed by atoms with E-state index in [-0.39, 0.29) is 12.0 Å². The first kappa shape index (κ1) is 16.7. The molecular weight excluding hydrogens is 302 g/mol. The first-order chi connectivity index (χ1) is 11.5. The topological polar surface area (TPSA) is 48.7 Å². The first-order valence-electron chi connectivity index (χ1n) is 8.48. The van der Waals surface area contributed by atoms with E-state index >= 15 is 0 Å². The molecule has 128 valence electrons. The minimum atomic E-state index is -0.329. The van der Waals surface area contributed by atoms with Crippen LogP contribution in [0.15, 0.2) is 42.7 Å². The standard InChI is InChI=1S/C19H25N3O2/c1-15-5-6-18(21-7-3-4-8-21)17(13-15)19(24)22-11-9-20(10-12-22)14-16(2)23/h3-8,13,16,23H,9-12,14H2,1-2H3/t16-/m0/s1. The van der Waals surface area contributed by atoms with Gasteiger partial charge in [-0.15, -0.1) is 0 Å². The van der Waals surface area contributed by atoms with Gasteiger partial charge in [0.2, 0.25) is 0 Å². The third kappa shape index (κ3) is 3.68. The van der Waals surface area contributed by atoms with Gasteiger partial charge in [-0.25, -0.2) is 0 Å². The van der Waals surface area contributed by atoms with Crippen LogP contribution in [0.4, 0.5) is 0 Å². The molecule has 1 aliphatic rings. The van der Waals surface area contributed by atoms with Gasteiger partial charge >= 0.3 is 0 Å². The zero-order valence-corrected chi connectivity index (χ0v) is 14.4. The number of carbonyl (C=O) groups excluding carboxylic acids is 1. The molecule has 1 aromatic carbocycles. The minimum Gasteiger partial charge on any atom is -0.392 e. The van der Waals surface area contributed by atoms with E-state index in [2.05, 4.69) is 4.90 Å². The normalized spacial score (nSPS) is 17.0. The molecule has 1 N–H and O–H groups in total. The molecule has 1 aromatic heterocycles. The summed E-state index contributed by atoms with van der Waals surface area (Å²) < 4.78 is 1.98. The van der Waals surface area contributed by atoms with Crippen LogP contribution in [0.2, 0.25) is 0 Å². The molecule has 1 fully saturated rings. The molecule has 1 aliphatic heterocycles. The number of aromatic nitrogens is 1. The minimum absolute atomic E-state index is 0.0825. The number of amides is 1. The summed E-state index contributed by atoms with van der Waals surface area (Å²) in [7, 11) is 0. The molecular formula is C19H25N3O2. The van der Waals surface area contributed by atoms with E-state index in [0.717, 1.165) is 29.9 Å². The van der Waals surface area contributed by atoms with E-state index in [1.54, 1.807) is 6.92 Å². The molecule has 1 amide bonds. The lowest BCUT2D eigenvalue weighted by atomic mass is 10.1. The van der Waals surface area contributed by atoms with Gasteiger partial charge < -0.3 is 14.6 Å². The maximum Gasteiger partial charge on any atom is 0.256 e. The van der Waals surface area contributed by atoms with Gasteiger partial charge in [0.05, 0.1) is 17.4 Å². The lowest BCUT2D eigenvalue weighted by molar-refractivity contribution is 0.0554. The Kier molecular flexibility index (Phi) is 5.02. The largest absolute Gasteiger partial charge is 0.392 e. The Morgan fingerprint density at radius 2 is 1.83 bits per heavy atom. The van der Waals surface area contributed by atoms with Crippen molar-refractivity contribution < 1.29 is 9.90 Å². The molecule has 0 spiro atoms. The Morgan fingerprint density at radius 1 is 1.17 bits per heavy atom. The maximum absolute atomic E-state index is 13.0. The Labute approximate surface area is 143 Å². The first-order valence-corrected chi connectivity index (χ1v) is 8.48. The molecule has 1 atom stereocenters. The van der Waals surface area contributed by atoms with Crippen molar-refractivity contribution >= 4 is 5.91 Å². The molecule has 0 unspecified atom stereocenters. The highest BCUT2D eigenvalue weighted by molar-refractivity contribution is 5.98. The molecule has 0 aliphatic carbocycles. The van der Waals surface area contributed by atoms with Crippen LogP contribution in [-0.4, -0.2) is 64.2 Å². The summed E-state index contributed by atoms with van der Waals surface area (Å²) >= 11 is 0. The van der Waals surface area contributed by atoms with Crippen molar-refractivity contribution in [2.75, 3.05) is 32.7 Å². The number of aryl methyl sites for hydroxylation is 1. The van der Waals surface area contributed by atoms with Gasteiger partial charge in [0, 0.05) is 45.1 Å². The van der Waals surface area contributed by atoms with Gasteiger partial charge in [-0.2, -0.15) is 0 Å². The molecule has 5 nitrogen and oxygen atoms in total. The van der Waals surface area contributed by atoms with Crippen molar-refractivity contribution in [2.45, 2.75) is 20.0 Å². The van der Waals surface area contributed by atoms with Crippen LogP contribution < -0.4 is 0 Å². The molecule has 1 saturated heterocycles. The number of hydrogen-bond donors (Lipinski definition) is 1. The van der Waals surface area contributed by atoms with Gasteiger partial charge in [-0.1, -0.05) is 11.6 Å². The zero-order valence-electron chi connectivity index (χ0n) is 14.4. The van der Waals surface area contributed by atoms with Gasteiger partial charge in [-0.05, 0) is 38.1 Å². The second-order valence-electron chi connectivity index (χ2n) is 6.55. The molecule has 2 heterocycles. The summed E-state index contributed by atoms with van der Waals surface area (Å²) in [4.78, 5) is 17.2. The SMILES string of the molecule is Cc1ccc(-n2cccc2)c(C(=O)N2CCN(C[C@H](C)O)CC2)c1. The lowest BCUT2D eigenvalue weighted by Crippen LogP contribution is -2.50. The maximum atomic E-state index is 13.0. The second kappa shape index (κ2) is 7.20. The predicted octanol–water partition coefficient (Wildman–Crippen LogP) is 1.92. The van der Waals surface area contributed by atoms with E-state index in [1.807, 2.05) is 59.1 Å². The summed E-state index contributed by atoms with van der Waals surface area (Å²) in [5, 5.41) is 9.51. The highest BCUT2D eigenvalue weighted by Crippen LogP contribution is 2.20. The van der Waals surface area contributed by atoms with Crippen LogP contribution in [-0.2, 0) is 0 Å². The summed E-state index contributed by atoms with van der Waals surface area (Å²) in [6, 6.07) is 9.94. The molecule has 5 heteroatoms. The number of benzene rings is 1. The Balaban J connectivity index is 1.77. The summed E-state index contributed by atoms with van der Waals surface area (Å²) in [6.07, 6.45) is 3.59. The highest BCUT2D eigenvalue weighted by Gasteiger charge is 2.24. The van der Waals surface area contributed by atoms with Gasteiger partial charge in [0.25, 0.3) is 5.91 Å². The Hall–Kier alpha value is -2.11. The smallest absolute Gasteiger partial charge is 0.256 e. The number of carbonyl (C=O) groups is 1. The highest BCUT2D eigenvalue weighted by atomic mass is 16.3. The van der Waals surface area contributed by atoms with Crippen LogP contribution >= 0.6 is 0 Å². The van der Waals surface area contributed by atoms with Gasteiger partial charge in [0.15, 0.2) is 0 Å². The molecule has 0 bridgehead atoms. The van der Waals surface area contributed by atoms with Crippen molar-refractivity contribution in [2.24, 2.45) is 0 Å². The van der Waals surface area contributed by atoms with Crippen LogP contribution in [0.1, 0.15) is 22.8 Å². The third-order valence-corrected chi connectivity index (χ3v) is 4.45. The van der Waals surface area contributed by atoms with Crippen LogP contribution in [0.25, 0.3) is 5.69 Å².